The highest BCUT2D eigenvalue weighted by molar-refractivity contribution is 5.93. The molecule has 2 N–H and O–H groups in total. The SMILES string of the molecule is CC(C)(C)c1ccc(-c2cn(C[C@H]3C[C@H]4CCN3C[C@@H]4C(=O)Nc3cccc(O)c3)nn2)cc1. The fourth-order valence-electron chi connectivity index (χ4n) is 5.32. The molecule has 178 valence electrons. The van der Waals surface area contributed by atoms with Gasteiger partial charge in [-0.05, 0) is 48.4 Å². The van der Waals surface area contributed by atoms with Crippen molar-refractivity contribution in [3.8, 4) is 17.0 Å². The summed E-state index contributed by atoms with van der Waals surface area (Å²) in [5, 5.41) is 21.5. The molecule has 1 aromatic heterocycles. The average molecular weight is 460 g/mol. The summed E-state index contributed by atoms with van der Waals surface area (Å²) in [6, 6.07) is 15.7. The number of carbonyl (C=O) groups is 1. The van der Waals surface area contributed by atoms with Crippen molar-refractivity contribution in [2.24, 2.45) is 11.8 Å². The fraction of sp³-hybridized carbons (Fsp3) is 0.444. The fourth-order valence-corrected chi connectivity index (χ4v) is 5.32. The van der Waals surface area contributed by atoms with E-state index in [0.717, 1.165) is 43.7 Å². The second-order valence-corrected chi connectivity index (χ2v) is 10.7. The maximum Gasteiger partial charge on any atom is 0.229 e. The number of anilines is 1. The quantitative estimate of drug-likeness (QED) is 0.595. The van der Waals surface area contributed by atoms with Crippen LogP contribution in [0.5, 0.6) is 5.75 Å². The minimum atomic E-state index is -0.0278. The molecule has 2 bridgehead atoms. The van der Waals surface area contributed by atoms with Crippen LogP contribution in [-0.2, 0) is 16.8 Å². The predicted octanol–water partition coefficient (Wildman–Crippen LogP) is 4.30. The monoisotopic (exact) mass is 459 g/mol. The van der Waals surface area contributed by atoms with E-state index in [4.69, 9.17) is 0 Å². The lowest BCUT2D eigenvalue weighted by molar-refractivity contribution is -0.127. The number of rotatable bonds is 5. The number of hydrogen-bond donors (Lipinski definition) is 2. The van der Waals surface area contributed by atoms with Gasteiger partial charge in [-0.1, -0.05) is 56.3 Å². The van der Waals surface area contributed by atoms with Crippen molar-refractivity contribution < 1.29 is 9.90 Å². The van der Waals surface area contributed by atoms with E-state index >= 15 is 0 Å². The second kappa shape index (κ2) is 8.87. The summed E-state index contributed by atoms with van der Waals surface area (Å²) in [5.41, 5.74) is 4.04. The predicted molar refractivity (Wildman–Crippen MR) is 132 cm³/mol. The second-order valence-electron chi connectivity index (χ2n) is 10.7. The van der Waals surface area contributed by atoms with Crippen molar-refractivity contribution >= 4 is 11.6 Å². The molecule has 1 unspecified atom stereocenters. The van der Waals surface area contributed by atoms with Crippen LogP contribution in [0.3, 0.4) is 0 Å². The Morgan fingerprint density at radius 2 is 1.97 bits per heavy atom. The molecule has 3 aliphatic heterocycles. The van der Waals surface area contributed by atoms with Gasteiger partial charge < -0.3 is 10.4 Å². The molecule has 3 saturated heterocycles. The van der Waals surface area contributed by atoms with Gasteiger partial charge in [-0.25, -0.2) is 0 Å². The molecule has 7 heteroatoms. The molecule has 34 heavy (non-hydrogen) atoms. The first-order valence-corrected chi connectivity index (χ1v) is 12.1. The third-order valence-corrected chi connectivity index (χ3v) is 7.31. The normalized spacial score (nSPS) is 24.2. The number of aromatic nitrogens is 3. The third kappa shape index (κ3) is 4.71. The van der Waals surface area contributed by atoms with E-state index < -0.39 is 0 Å². The van der Waals surface area contributed by atoms with Crippen LogP contribution in [-0.4, -0.2) is 50.0 Å². The van der Waals surface area contributed by atoms with Gasteiger partial charge in [0.2, 0.25) is 5.91 Å². The maximum atomic E-state index is 12.9. The zero-order valence-electron chi connectivity index (χ0n) is 20.1. The van der Waals surface area contributed by atoms with Gasteiger partial charge in [-0.2, -0.15) is 0 Å². The molecular weight excluding hydrogens is 426 g/mol. The highest BCUT2D eigenvalue weighted by Gasteiger charge is 2.43. The Kier molecular flexibility index (Phi) is 5.90. The van der Waals surface area contributed by atoms with Gasteiger partial charge in [0, 0.05) is 29.9 Å². The standard InChI is InChI=1S/C27H33N5O2/c1-27(2,3)20-9-7-18(8-10-20)25-17-32(30-29-25)15-22-13-19-11-12-31(22)16-24(19)26(34)28-21-5-4-6-23(33)14-21/h4-10,14,17,19,22,24,33H,11-13,15-16H2,1-3H3,(H,28,34)/t19-,22-,24+/m1/s1. The van der Waals surface area contributed by atoms with Gasteiger partial charge in [0.05, 0.1) is 18.7 Å². The first-order chi connectivity index (χ1) is 16.3. The zero-order chi connectivity index (χ0) is 23.9. The topological polar surface area (TPSA) is 83.3 Å². The number of benzene rings is 2. The summed E-state index contributed by atoms with van der Waals surface area (Å²) >= 11 is 0. The molecule has 3 aliphatic rings. The molecular formula is C27H33N5O2. The number of nitrogens with zero attached hydrogens (tertiary/aromatic N) is 4. The van der Waals surface area contributed by atoms with Crippen LogP contribution in [0.2, 0.25) is 0 Å². The van der Waals surface area contributed by atoms with E-state index in [9.17, 15) is 9.90 Å². The summed E-state index contributed by atoms with van der Waals surface area (Å²) in [4.78, 5) is 15.4. The smallest absolute Gasteiger partial charge is 0.229 e. The molecule has 6 rings (SSSR count). The minimum absolute atomic E-state index is 0.0278. The molecule has 7 nitrogen and oxygen atoms in total. The minimum Gasteiger partial charge on any atom is -0.508 e. The van der Waals surface area contributed by atoms with Gasteiger partial charge in [0.15, 0.2) is 0 Å². The molecule has 0 aliphatic carbocycles. The Morgan fingerprint density at radius 1 is 1.18 bits per heavy atom. The first kappa shape index (κ1) is 22.6. The highest BCUT2D eigenvalue weighted by atomic mass is 16.3. The van der Waals surface area contributed by atoms with Crippen LogP contribution in [0.1, 0.15) is 39.2 Å². The van der Waals surface area contributed by atoms with Crippen molar-refractivity contribution in [3.63, 3.8) is 0 Å². The lowest BCUT2D eigenvalue weighted by Crippen LogP contribution is -2.57. The van der Waals surface area contributed by atoms with E-state index in [2.05, 4.69) is 65.6 Å². The van der Waals surface area contributed by atoms with Crippen LogP contribution in [0.15, 0.2) is 54.7 Å². The molecule has 2 aromatic carbocycles. The van der Waals surface area contributed by atoms with Gasteiger partial charge >= 0.3 is 0 Å². The van der Waals surface area contributed by atoms with Crippen molar-refractivity contribution in [1.82, 2.24) is 19.9 Å². The first-order valence-electron chi connectivity index (χ1n) is 12.1. The van der Waals surface area contributed by atoms with E-state index in [-0.39, 0.29) is 23.0 Å². The average Bonchev–Trinajstić information content (AvgIpc) is 3.27. The number of carbonyl (C=O) groups excluding carboxylic acids is 1. The molecule has 4 atom stereocenters. The molecule has 4 heterocycles. The lowest BCUT2D eigenvalue weighted by atomic mass is 9.75. The third-order valence-electron chi connectivity index (χ3n) is 7.31. The van der Waals surface area contributed by atoms with Gasteiger partial charge in [0.25, 0.3) is 0 Å². The Hall–Kier alpha value is -3.19. The van der Waals surface area contributed by atoms with E-state index in [1.165, 1.54) is 5.56 Å². The lowest BCUT2D eigenvalue weighted by Gasteiger charge is -2.49. The number of fused-ring (bicyclic) bond motifs is 3. The Morgan fingerprint density at radius 3 is 2.65 bits per heavy atom. The number of phenols is 1. The van der Waals surface area contributed by atoms with E-state index in [1.54, 1.807) is 24.3 Å². The molecule has 3 aromatic rings. The van der Waals surface area contributed by atoms with Crippen LogP contribution in [0.4, 0.5) is 5.69 Å². The Labute approximate surface area is 200 Å². The van der Waals surface area contributed by atoms with Crippen molar-refractivity contribution in [2.75, 3.05) is 18.4 Å². The number of piperidine rings is 3. The van der Waals surface area contributed by atoms with E-state index in [0.29, 0.717) is 17.6 Å². The Bertz CT molecular complexity index is 1160. The van der Waals surface area contributed by atoms with Crippen molar-refractivity contribution in [1.29, 1.82) is 0 Å². The van der Waals surface area contributed by atoms with Crippen molar-refractivity contribution in [3.05, 3.63) is 60.3 Å². The summed E-state index contributed by atoms with van der Waals surface area (Å²) in [6.07, 6.45) is 4.05. The van der Waals surface area contributed by atoms with E-state index in [1.807, 2.05) is 10.9 Å². The molecule has 0 saturated carbocycles. The zero-order valence-corrected chi connectivity index (χ0v) is 20.1. The van der Waals surface area contributed by atoms with Crippen molar-refractivity contribution in [2.45, 2.75) is 51.6 Å². The largest absolute Gasteiger partial charge is 0.508 e. The van der Waals surface area contributed by atoms with Crippen LogP contribution < -0.4 is 5.32 Å². The van der Waals surface area contributed by atoms with Gasteiger partial charge in [-0.3, -0.25) is 14.4 Å². The number of amides is 1. The molecule has 0 radical (unpaired) electrons. The Balaban J connectivity index is 1.21. The highest BCUT2D eigenvalue weighted by Crippen LogP contribution is 2.37. The van der Waals surface area contributed by atoms with Gasteiger partial charge in [0.1, 0.15) is 11.4 Å². The summed E-state index contributed by atoms with van der Waals surface area (Å²) in [5.74, 6) is 0.532. The molecule has 1 amide bonds. The summed E-state index contributed by atoms with van der Waals surface area (Å²) in [6.45, 7) is 9.20. The molecule has 3 fully saturated rings. The van der Waals surface area contributed by atoms with Crippen LogP contribution >= 0.6 is 0 Å². The molecule has 0 spiro atoms. The summed E-state index contributed by atoms with van der Waals surface area (Å²) < 4.78 is 1.94. The van der Waals surface area contributed by atoms with Gasteiger partial charge in [-0.15, -0.1) is 5.10 Å². The maximum absolute atomic E-state index is 12.9. The number of nitrogens with one attached hydrogen (secondary N) is 1. The van der Waals surface area contributed by atoms with Crippen LogP contribution in [0.25, 0.3) is 11.3 Å². The number of hydrogen-bond acceptors (Lipinski definition) is 5. The number of aromatic hydroxyl groups is 1. The number of phenolic OH excluding ortho intramolecular Hbond substituents is 1. The van der Waals surface area contributed by atoms with Crippen LogP contribution in [0, 0.1) is 11.8 Å². The summed E-state index contributed by atoms with van der Waals surface area (Å²) in [7, 11) is 0.